The van der Waals surface area contributed by atoms with Crippen molar-refractivity contribution in [2.24, 2.45) is 0 Å². The molecule has 136 valence electrons. The van der Waals surface area contributed by atoms with Gasteiger partial charge in [-0.3, -0.25) is 4.79 Å². The van der Waals surface area contributed by atoms with E-state index in [4.69, 9.17) is 12.8 Å². The summed E-state index contributed by atoms with van der Waals surface area (Å²) in [6.07, 6.45) is 16.2. The van der Waals surface area contributed by atoms with Crippen molar-refractivity contribution in [3.63, 3.8) is 0 Å². The number of carbonyl (C=O) groups excluding carboxylic acids is 1. The van der Waals surface area contributed by atoms with Crippen LogP contribution in [0.5, 0.6) is 0 Å². The van der Waals surface area contributed by atoms with Crippen LogP contribution in [0.15, 0.2) is 22.9 Å². The van der Waals surface area contributed by atoms with Gasteiger partial charge in [0.1, 0.15) is 0 Å². The summed E-state index contributed by atoms with van der Waals surface area (Å²) in [6, 6.07) is 3.93. The second-order valence-corrected chi connectivity index (χ2v) is 6.94. The Morgan fingerprint density at radius 3 is 1.96 bits per heavy atom. The van der Waals surface area contributed by atoms with Gasteiger partial charge < -0.3 is 34.9 Å². The molecule has 0 fully saturated rings. The molecular weight excluding hydrogens is 441 g/mol. The third kappa shape index (κ3) is 9.92. The number of thiophene rings is 2. The van der Waals surface area contributed by atoms with E-state index in [0.29, 0.717) is 0 Å². The standard InChI is InChI=1S/C10H12OS.C8H10OS.C2H.BrH.Mg/c1-4-8-6-9(12-7-8)10(3,11)5-2;1-3-7-4-8(6(2)9)10-5-7;1-2;;/h2,6-7,11H,4H2,1,3H3;4-5H,3H2,1-2H3;1H;1H;/q;;-1;;+2/p-1. The van der Waals surface area contributed by atoms with Crippen molar-refractivity contribution in [1.29, 1.82) is 0 Å². The third-order valence-corrected chi connectivity index (χ3v) is 5.50. The van der Waals surface area contributed by atoms with E-state index in [0.717, 1.165) is 22.6 Å². The van der Waals surface area contributed by atoms with Crippen LogP contribution < -0.4 is 17.0 Å². The van der Waals surface area contributed by atoms with Gasteiger partial charge in [-0.2, -0.15) is 0 Å². The molecule has 1 atom stereocenters. The number of rotatable bonds is 4. The molecule has 0 aliphatic heterocycles. The van der Waals surface area contributed by atoms with Gasteiger partial charge in [-0.25, -0.2) is 0 Å². The fraction of sp³-hybridized carbons (Fsp3) is 0.350. The van der Waals surface area contributed by atoms with Gasteiger partial charge in [0.15, 0.2) is 11.4 Å². The minimum atomic E-state index is -1.10. The zero-order chi connectivity index (χ0) is 18.8. The number of aryl methyl sites for hydroxylation is 2. The van der Waals surface area contributed by atoms with Crippen LogP contribution >= 0.6 is 22.7 Å². The van der Waals surface area contributed by atoms with Crippen LogP contribution in [0.25, 0.3) is 0 Å². The molecule has 1 unspecified atom stereocenters. The van der Waals surface area contributed by atoms with Gasteiger partial charge in [-0.05, 0) is 60.7 Å². The quantitative estimate of drug-likeness (QED) is 0.323. The molecule has 0 bridgehead atoms. The monoisotopic (exact) mass is 462 g/mol. The smallest absolute Gasteiger partial charge is 1.00 e. The van der Waals surface area contributed by atoms with Crippen LogP contribution in [0.4, 0.5) is 0 Å². The summed E-state index contributed by atoms with van der Waals surface area (Å²) >= 11 is 3.05. The maximum atomic E-state index is 10.8. The number of hydrogen-bond donors (Lipinski definition) is 1. The first-order chi connectivity index (χ1) is 11.3. The molecule has 2 aromatic rings. The van der Waals surface area contributed by atoms with Gasteiger partial charge in [0, 0.05) is 4.88 Å². The number of terminal acetylenes is 2. The summed E-state index contributed by atoms with van der Waals surface area (Å²) in [5.41, 5.74) is 1.39. The predicted octanol–water partition coefficient (Wildman–Crippen LogP) is 1.49. The number of aliphatic hydroxyl groups is 1. The summed E-state index contributed by atoms with van der Waals surface area (Å²) in [4.78, 5) is 12.5. The first-order valence-corrected chi connectivity index (χ1v) is 9.25. The van der Waals surface area contributed by atoms with Gasteiger partial charge in [0.25, 0.3) is 0 Å². The first kappa shape index (κ1) is 30.1. The normalized spacial score (nSPS) is 10.8. The van der Waals surface area contributed by atoms with Gasteiger partial charge >= 0.3 is 23.1 Å². The molecule has 2 heterocycles. The Labute approximate surface area is 192 Å². The van der Waals surface area contributed by atoms with E-state index in [1.807, 2.05) is 22.9 Å². The SMILES string of the molecule is C#CC(C)(O)c1cc(CC)cs1.CCc1csc(C(C)=O)c1.[Br-].[C-]#C.[Mg+2]. The minimum absolute atomic E-state index is 0. The Bertz CT molecular complexity index is 709. The summed E-state index contributed by atoms with van der Waals surface area (Å²) < 4.78 is 0. The van der Waals surface area contributed by atoms with E-state index in [2.05, 4.69) is 26.2 Å². The van der Waals surface area contributed by atoms with Crippen molar-refractivity contribution in [2.45, 2.75) is 46.1 Å². The summed E-state index contributed by atoms with van der Waals surface area (Å²) in [5.74, 6) is 2.53. The molecule has 6 heteroatoms. The van der Waals surface area contributed by atoms with Crippen molar-refractivity contribution in [3.8, 4) is 18.8 Å². The molecule has 0 saturated carbocycles. The molecule has 0 aliphatic carbocycles. The van der Waals surface area contributed by atoms with Crippen LogP contribution in [-0.4, -0.2) is 33.9 Å². The molecule has 0 aliphatic rings. The van der Waals surface area contributed by atoms with Crippen molar-refractivity contribution >= 4 is 51.5 Å². The van der Waals surface area contributed by atoms with Gasteiger partial charge in [-0.15, -0.1) is 29.1 Å². The number of hydrogen-bond acceptors (Lipinski definition) is 4. The fourth-order valence-electron chi connectivity index (χ4n) is 1.63. The molecule has 0 amide bonds. The molecule has 0 radical (unpaired) electrons. The molecule has 0 spiro atoms. The van der Waals surface area contributed by atoms with Gasteiger partial charge in [0.05, 0.1) is 4.88 Å². The molecule has 1 N–H and O–H groups in total. The molecular formula is C20H23BrMgO2S2. The number of carbonyl (C=O) groups is 1. The van der Waals surface area contributed by atoms with Crippen LogP contribution in [0.1, 0.15) is 53.4 Å². The number of ketones is 1. The maximum Gasteiger partial charge on any atom is 2.00 e. The molecule has 2 nitrogen and oxygen atoms in total. The van der Waals surface area contributed by atoms with E-state index in [1.54, 1.807) is 13.8 Å². The number of Topliss-reactive ketones (excluding diaryl/α,β-unsaturated/α-hetero) is 1. The molecule has 0 aromatic carbocycles. The molecule has 26 heavy (non-hydrogen) atoms. The topological polar surface area (TPSA) is 37.3 Å². The summed E-state index contributed by atoms with van der Waals surface area (Å²) in [7, 11) is 0. The average Bonchev–Trinajstić information content (AvgIpc) is 3.26. The predicted molar refractivity (Wildman–Crippen MR) is 110 cm³/mol. The fourth-order valence-corrected chi connectivity index (χ4v) is 3.55. The van der Waals surface area contributed by atoms with Gasteiger partial charge in [0.2, 0.25) is 0 Å². The van der Waals surface area contributed by atoms with Crippen LogP contribution in [0.2, 0.25) is 0 Å². The van der Waals surface area contributed by atoms with E-state index in [-0.39, 0.29) is 45.8 Å². The first-order valence-electron chi connectivity index (χ1n) is 7.49. The Morgan fingerprint density at radius 1 is 1.19 bits per heavy atom. The zero-order valence-electron chi connectivity index (χ0n) is 15.6. The summed E-state index contributed by atoms with van der Waals surface area (Å²) in [5, 5.41) is 13.7. The summed E-state index contributed by atoms with van der Waals surface area (Å²) in [6.45, 7) is 7.41. The van der Waals surface area contributed by atoms with Crippen molar-refractivity contribution in [1.82, 2.24) is 0 Å². The second kappa shape index (κ2) is 15.5. The van der Waals surface area contributed by atoms with Crippen molar-refractivity contribution in [2.75, 3.05) is 0 Å². The Balaban J connectivity index is -0.000000350. The van der Waals surface area contributed by atoms with Crippen LogP contribution in [0, 0.1) is 25.2 Å². The van der Waals surface area contributed by atoms with Gasteiger partial charge in [-0.1, -0.05) is 19.8 Å². The Kier molecular flexibility index (Phi) is 17.9. The molecule has 2 rings (SSSR count). The van der Waals surface area contributed by atoms with Crippen LogP contribution in [-0.2, 0) is 18.4 Å². The van der Waals surface area contributed by atoms with Crippen molar-refractivity contribution < 1.29 is 26.9 Å². The average molecular weight is 464 g/mol. The molecule has 0 saturated heterocycles. The van der Waals surface area contributed by atoms with E-state index >= 15 is 0 Å². The van der Waals surface area contributed by atoms with Crippen LogP contribution in [0.3, 0.4) is 0 Å². The van der Waals surface area contributed by atoms with E-state index in [9.17, 15) is 9.90 Å². The minimum Gasteiger partial charge on any atom is -1.00 e. The second-order valence-electron chi connectivity index (χ2n) is 5.12. The van der Waals surface area contributed by atoms with E-state index < -0.39 is 5.60 Å². The largest absolute Gasteiger partial charge is 2.00 e. The number of halogens is 1. The zero-order valence-corrected chi connectivity index (χ0v) is 20.3. The third-order valence-electron chi connectivity index (χ3n) is 3.23. The maximum absolute atomic E-state index is 10.8. The molecule has 2 aromatic heterocycles. The Morgan fingerprint density at radius 2 is 1.65 bits per heavy atom. The van der Waals surface area contributed by atoms with Crippen molar-refractivity contribution in [3.05, 3.63) is 50.2 Å². The van der Waals surface area contributed by atoms with E-state index in [1.165, 1.54) is 33.8 Å². The Hall–Kier alpha value is -0.604.